The van der Waals surface area contributed by atoms with Crippen molar-refractivity contribution in [3.05, 3.63) is 39.5 Å². The fourth-order valence-corrected chi connectivity index (χ4v) is 4.23. The van der Waals surface area contributed by atoms with Crippen LogP contribution in [0.15, 0.2) is 28.3 Å². The molecule has 0 fully saturated rings. The van der Waals surface area contributed by atoms with Gasteiger partial charge in [-0.3, -0.25) is 9.57 Å². The molecule has 0 saturated carbocycles. The number of halogens is 4. The van der Waals surface area contributed by atoms with Crippen LogP contribution in [-0.4, -0.2) is 39.0 Å². The Balaban J connectivity index is 2.89. The van der Waals surface area contributed by atoms with Crippen LogP contribution in [0, 0.1) is 4.78 Å². The molecule has 0 aliphatic heterocycles. The van der Waals surface area contributed by atoms with E-state index < -0.39 is 46.0 Å². The van der Waals surface area contributed by atoms with Crippen LogP contribution in [0.3, 0.4) is 0 Å². The summed E-state index contributed by atoms with van der Waals surface area (Å²) in [6.07, 6.45) is -5.26. The molecule has 3 atom stereocenters. The standard InChI is InChI=1S/C17H22F3IN2O3S/c1-11(10-21)12-2-4-13(5-3-12)14(17(18,19)20)6-8-27(23,26)9-7-15(22)16(24)25/h2-5,10,14-15,23H,6-9,22H2,1H3,(H,24,25)/b11-10+/t14?,15-,27?/m0/s1. The highest BCUT2D eigenvalue weighted by Crippen LogP contribution is 2.38. The van der Waals surface area contributed by atoms with Crippen LogP contribution in [0.5, 0.6) is 0 Å². The van der Waals surface area contributed by atoms with Crippen LogP contribution in [0.4, 0.5) is 13.2 Å². The lowest BCUT2D eigenvalue weighted by Gasteiger charge is -2.22. The largest absolute Gasteiger partial charge is 0.480 e. The molecule has 1 aromatic carbocycles. The monoisotopic (exact) mass is 518 g/mol. The molecule has 0 aliphatic rings. The minimum absolute atomic E-state index is 0.0462. The van der Waals surface area contributed by atoms with E-state index in [1.807, 2.05) is 33.6 Å². The number of alkyl halides is 3. The molecular weight excluding hydrogens is 496 g/mol. The van der Waals surface area contributed by atoms with Gasteiger partial charge in [-0.25, -0.2) is 4.21 Å². The molecule has 0 bridgehead atoms. The Bertz CT molecular complexity index is 778. The maximum atomic E-state index is 13.5. The number of carboxylic acid groups (broad SMARTS) is 1. The van der Waals surface area contributed by atoms with Crippen molar-refractivity contribution in [1.82, 2.24) is 0 Å². The van der Waals surface area contributed by atoms with Gasteiger partial charge >= 0.3 is 12.1 Å². The van der Waals surface area contributed by atoms with Crippen LogP contribution < -0.4 is 5.73 Å². The van der Waals surface area contributed by atoms with E-state index in [2.05, 4.69) is 0 Å². The summed E-state index contributed by atoms with van der Waals surface area (Å²) < 4.78 is 62.2. The fraction of sp³-hybridized carbons (Fsp3) is 0.471. The molecule has 0 heterocycles. The molecule has 152 valence electrons. The Labute approximate surface area is 170 Å². The summed E-state index contributed by atoms with van der Waals surface area (Å²) in [4.78, 5) is 10.7. The molecule has 0 saturated heterocycles. The second kappa shape index (κ2) is 9.87. The highest BCUT2D eigenvalue weighted by Gasteiger charge is 2.40. The second-order valence-electron chi connectivity index (χ2n) is 6.25. The summed E-state index contributed by atoms with van der Waals surface area (Å²) in [5, 5.41) is 8.70. The first-order valence-corrected chi connectivity index (χ1v) is 11.2. The van der Waals surface area contributed by atoms with Gasteiger partial charge in [-0.15, -0.1) is 0 Å². The van der Waals surface area contributed by atoms with Gasteiger partial charge in [0.25, 0.3) is 0 Å². The molecule has 0 aliphatic carbocycles. The first-order valence-electron chi connectivity index (χ1n) is 8.04. The Kier molecular flexibility index (Phi) is 8.74. The van der Waals surface area contributed by atoms with Crippen molar-refractivity contribution in [3.63, 3.8) is 0 Å². The zero-order valence-electron chi connectivity index (χ0n) is 14.6. The first-order chi connectivity index (χ1) is 12.4. The number of carboxylic acids is 1. The molecule has 0 spiro atoms. The number of rotatable bonds is 9. The Morgan fingerprint density at radius 2 is 1.81 bits per heavy atom. The summed E-state index contributed by atoms with van der Waals surface area (Å²) in [5.41, 5.74) is 7.07. The molecular formula is C17H22F3IN2O3S. The lowest BCUT2D eigenvalue weighted by atomic mass is 9.94. The topological polar surface area (TPSA) is 104 Å². The summed E-state index contributed by atoms with van der Waals surface area (Å²) in [6.45, 7) is 1.85. The average molecular weight is 518 g/mol. The molecule has 5 nitrogen and oxygen atoms in total. The molecule has 1 aromatic rings. The van der Waals surface area contributed by atoms with Gasteiger partial charge in [-0.1, -0.05) is 46.9 Å². The van der Waals surface area contributed by atoms with Crippen molar-refractivity contribution in [1.29, 1.82) is 4.78 Å². The molecule has 27 heavy (non-hydrogen) atoms. The van der Waals surface area contributed by atoms with Crippen molar-refractivity contribution in [2.75, 3.05) is 11.5 Å². The first kappa shape index (κ1) is 23.9. The Morgan fingerprint density at radius 3 is 2.26 bits per heavy atom. The van der Waals surface area contributed by atoms with E-state index >= 15 is 0 Å². The molecule has 10 heteroatoms. The van der Waals surface area contributed by atoms with Gasteiger partial charge in [-0.05, 0) is 40.5 Å². The smallest absolute Gasteiger partial charge is 0.395 e. The summed E-state index contributed by atoms with van der Waals surface area (Å²) in [6, 6.07) is 4.70. The molecule has 4 N–H and O–H groups in total. The highest BCUT2D eigenvalue weighted by molar-refractivity contribution is 14.1. The number of hydrogen-bond donors (Lipinski definition) is 3. The van der Waals surface area contributed by atoms with Crippen molar-refractivity contribution in [3.8, 4) is 0 Å². The number of nitrogens with two attached hydrogens (primary N) is 1. The van der Waals surface area contributed by atoms with E-state index in [1.54, 1.807) is 12.1 Å². The minimum Gasteiger partial charge on any atom is -0.480 e. The van der Waals surface area contributed by atoms with Crippen molar-refractivity contribution >= 4 is 43.9 Å². The van der Waals surface area contributed by atoms with Gasteiger partial charge in [0.2, 0.25) is 0 Å². The SMILES string of the molecule is C/C(=C\I)c1ccc(C(CCS(=N)(=O)CC[C@H](N)C(=O)O)C(F)(F)F)cc1. The molecule has 0 amide bonds. The normalized spacial score (nSPS) is 17.2. The molecule has 0 radical (unpaired) electrons. The number of nitrogens with one attached hydrogen (secondary N) is 1. The van der Waals surface area contributed by atoms with E-state index in [1.165, 1.54) is 12.1 Å². The van der Waals surface area contributed by atoms with E-state index in [0.29, 0.717) is 0 Å². The summed E-state index contributed by atoms with van der Waals surface area (Å²) >= 11 is 2.05. The Hall–Kier alpha value is -1.14. The summed E-state index contributed by atoms with van der Waals surface area (Å²) in [7, 11) is -3.35. The van der Waals surface area contributed by atoms with Crippen LogP contribution in [0.25, 0.3) is 5.57 Å². The van der Waals surface area contributed by atoms with Crippen molar-refractivity contribution in [2.45, 2.75) is 37.9 Å². The third-order valence-corrected chi connectivity index (χ3v) is 6.86. The number of carbonyl (C=O) groups is 1. The van der Waals surface area contributed by atoms with Crippen LogP contribution >= 0.6 is 22.6 Å². The zero-order valence-corrected chi connectivity index (χ0v) is 17.6. The average Bonchev–Trinajstić information content (AvgIpc) is 2.58. The van der Waals surface area contributed by atoms with Gasteiger partial charge in [0.15, 0.2) is 0 Å². The van der Waals surface area contributed by atoms with Gasteiger partial charge in [0.05, 0.1) is 5.92 Å². The number of hydrogen-bond acceptors (Lipinski definition) is 4. The van der Waals surface area contributed by atoms with E-state index in [-0.39, 0.29) is 17.7 Å². The van der Waals surface area contributed by atoms with Crippen LogP contribution in [0.1, 0.15) is 36.8 Å². The lowest BCUT2D eigenvalue weighted by Crippen LogP contribution is -2.32. The van der Waals surface area contributed by atoms with Gasteiger partial charge in [-0.2, -0.15) is 13.2 Å². The van der Waals surface area contributed by atoms with Crippen LogP contribution in [0.2, 0.25) is 0 Å². The van der Waals surface area contributed by atoms with E-state index in [0.717, 1.165) is 11.1 Å². The van der Waals surface area contributed by atoms with Gasteiger partial charge in [0.1, 0.15) is 6.04 Å². The van der Waals surface area contributed by atoms with E-state index in [4.69, 9.17) is 15.6 Å². The predicted molar refractivity (Wildman–Crippen MR) is 108 cm³/mol. The van der Waals surface area contributed by atoms with Crippen LogP contribution in [-0.2, 0) is 14.5 Å². The minimum atomic E-state index is -4.54. The third-order valence-electron chi connectivity index (χ3n) is 4.14. The molecule has 0 aromatic heterocycles. The van der Waals surface area contributed by atoms with Crippen molar-refractivity contribution < 1.29 is 27.3 Å². The fourth-order valence-electron chi connectivity index (χ4n) is 2.41. The maximum absolute atomic E-state index is 13.5. The Morgan fingerprint density at radius 1 is 1.30 bits per heavy atom. The molecule has 2 unspecified atom stereocenters. The predicted octanol–water partition coefficient (Wildman–Crippen LogP) is 4.37. The quantitative estimate of drug-likeness (QED) is 0.423. The number of aliphatic carboxylic acids is 1. The van der Waals surface area contributed by atoms with Gasteiger partial charge in [0, 0.05) is 21.2 Å². The molecule has 1 rings (SSSR count). The van der Waals surface area contributed by atoms with E-state index in [9.17, 15) is 22.2 Å². The van der Waals surface area contributed by atoms with Crippen molar-refractivity contribution in [2.24, 2.45) is 5.73 Å². The maximum Gasteiger partial charge on any atom is 0.395 e. The van der Waals surface area contributed by atoms with Gasteiger partial charge < -0.3 is 10.8 Å². The zero-order chi connectivity index (χ0) is 20.8. The third kappa shape index (κ3) is 7.78. The lowest BCUT2D eigenvalue weighted by molar-refractivity contribution is -0.150. The summed E-state index contributed by atoms with van der Waals surface area (Å²) in [5.74, 6) is -3.95. The number of benzene rings is 1. The second-order valence-corrected chi connectivity index (χ2v) is 9.31. The number of allylic oxidation sites excluding steroid dienone is 1. The highest BCUT2D eigenvalue weighted by atomic mass is 127.